The van der Waals surface area contributed by atoms with E-state index in [2.05, 4.69) is 0 Å². The van der Waals surface area contributed by atoms with Crippen LogP contribution in [0.1, 0.15) is 5.56 Å². The maximum absolute atomic E-state index is 12.7. The summed E-state index contributed by atoms with van der Waals surface area (Å²) >= 11 is 5.90. The summed E-state index contributed by atoms with van der Waals surface area (Å²) in [6.07, 6.45) is 0. The molecule has 0 spiro atoms. The van der Waals surface area contributed by atoms with E-state index in [0.29, 0.717) is 16.5 Å². The first-order valence-corrected chi connectivity index (χ1v) is 5.22. The molecule has 1 nitrogen and oxygen atoms in total. The molecule has 0 N–H and O–H groups in total. The number of aryl methyl sites for hydroxylation is 1. The fourth-order valence-electron chi connectivity index (χ4n) is 1.32. The van der Waals surface area contributed by atoms with Crippen LogP contribution in [0.4, 0.5) is 4.39 Å². The van der Waals surface area contributed by atoms with Crippen molar-refractivity contribution in [3.05, 3.63) is 58.9 Å². The lowest BCUT2D eigenvalue weighted by molar-refractivity contribution is 0.480. The van der Waals surface area contributed by atoms with Crippen molar-refractivity contribution >= 4 is 11.6 Å². The first-order valence-electron chi connectivity index (χ1n) is 4.85. The minimum absolute atomic E-state index is 0.278. The van der Waals surface area contributed by atoms with Crippen molar-refractivity contribution in [1.29, 1.82) is 0 Å². The molecule has 0 saturated heterocycles. The van der Waals surface area contributed by atoms with Gasteiger partial charge in [0.25, 0.3) is 0 Å². The van der Waals surface area contributed by atoms with E-state index in [-0.39, 0.29) is 5.82 Å². The fourth-order valence-corrected chi connectivity index (χ4v) is 1.44. The van der Waals surface area contributed by atoms with Crippen LogP contribution >= 0.6 is 11.6 Å². The van der Waals surface area contributed by atoms with Gasteiger partial charge in [-0.15, -0.1) is 0 Å². The van der Waals surface area contributed by atoms with Gasteiger partial charge in [0.2, 0.25) is 0 Å². The average molecular weight is 237 g/mol. The minimum Gasteiger partial charge on any atom is -0.457 e. The molecule has 0 bridgehead atoms. The fraction of sp³-hybridized carbons (Fsp3) is 0.0769. The van der Waals surface area contributed by atoms with Crippen LogP contribution in [0.2, 0.25) is 5.02 Å². The van der Waals surface area contributed by atoms with E-state index in [0.717, 1.165) is 5.56 Å². The number of ether oxygens (including phenoxy) is 1. The summed E-state index contributed by atoms with van der Waals surface area (Å²) in [6, 6.07) is 11.3. The van der Waals surface area contributed by atoms with Gasteiger partial charge in [0.15, 0.2) is 0 Å². The molecule has 0 radical (unpaired) electrons. The van der Waals surface area contributed by atoms with E-state index in [1.165, 1.54) is 12.1 Å². The highest BCUT2D eigenvalue weighted by atomic mass is 35.5. The summed E-state index contributed by atoms with van der Waals surface area (Å²) < 4.78 is 18.2. The Morgan fingerprint density at radius 2 is 1.62 bits per heavy atom. The van der Waals surface area contributed by atoms with Gasteiger partial charge in [-0.2, -0.15) is 0 Å². The zero-order valence-electron chi connectivity index (χ0n) is 8.71. The summed E-state index contributed by atoms with van der Waals surface area (Å²) in [5, 5.41) is 0.700. The molecule has 3 heteroatoms. The Morgan fingerprint density at radius 1 is 1.00 bits per heavy atom. The summed E-state index contributed by atoms with van der Waals surface area (Å²) in [5.74, 6) is 1.01. The van der Waals surface area contributed by atoms with Crippen molar-refractivity contribution in [1.82, 2.24) is 0 Å². The van der Waals surface area contributed by atoms with Gasteiger partial charge < -0.3 is 4.74 Å². The molecule has 2 aromatic carbocycles. The standard InChI is InChI=1S/C13H10ClFO/c1-9-8-12(6-7-13(9)14)16-11-4-2-10(15)3-5-11/h2-8H,1H3. The Morgan fingerprint density at radius 3 is 2.25 bits per heavy atom. The van der Waals surface area contributed by atoms with Crippen molar-refractivity contribution in [3.8, 4) is 11.5 Å². The second-order valence-electron chi connectivity index (χ2n) is 3.47. The molecule has 0 aliphatic rings. The molecule has 0 amide bonds. The van der Waals surface area contributed by atoms with E-state index in [1.807, 2.05) is 13.0 Å². The van der Waals surface area contributed by atoms with Gasteiger partial charge in [-0.3, -0.25) is 0 Å². The van der Waals surface area contributed by atoms with Gasteiger partial charge in [-0.1, -0.05) is 11.6 Å². The number of hydrogen-bond donors (Lipinski definition) is 0. The molecule has 2 rings (SSSR count). The van der Waals surface area contributed by atoms with E-state index in [9.17, 15) is 4.39 Å². The predicted octanol–water partition coefficient (Wildman–Crippen LogP) is 4.58. The number of hydrogen-bond acceptors (Lipinski definition) is 1. The summed E-state index contributed by atoms with van der Waals surface area (Å²) in [5.41, 5.74) is 0.946. The lowest BCUT2D eigenvalue weighted by Crippen LogP contribution is -1.85. The third-order valence-electron chi connectivity index (χ3n) is 2.18. The SMILES string of the molecule is Cc1cc(Oc2ccc(F)cc2)ccc1Cl. The van der Waals surface area contributed by atoms with Crippen LogP contribution < -0.4 is 4.74 Å². The van der Waals surface area contributed by atoms with E-state index in [4.69, 9.17) is 16.3 Å². The highest BCUT2D eigenvalue weighted by molar-refractivity contribution is 6.31. The van der Waals surface area contributed by atoms with Crippen LogP contribution in [0.15, 0.2) is 42.5 Å². The molecule has 82 valence electrons. The molecule has 0 heterocycles. The summed E-state index contributed by atoms with van der Waals surface area (Å²) in [4.78, 5) is 0. The molecule has 16 heavy (non-hydrogen) atoms. The minimum atomic E-state index is -0.278. The summed E-state index contributed by atoms with van der Waals surface area (Å²) in [7, 11) is 0. The number of rotatable bonds is 2. The van der Waals surface area contributed by atoms with Gasteiger partial charge in [0.1, 0.15) is 17.3 Å². The van der Waals surface area contributed by atoms with Gasteiger partial charge in [-0.05, 0) is 55.0 Å². The van der Waals surface area contributed by atoms with Crippen molar-refractivity contribution in [2.75, 3.05) is 0 Å². The molecular formula is C13H10ClFO. The van der Waals surface area contributed by atoms with Gasteiger partial charge in [-0.25, -0.2) is 4.39 Å². The van der Waals surface area contributed by atoms with Crippen LogP contribution in [0, 0.1) is 12.7 Å². The third-order valence-corrected chi connectivity index (χ3v) is 2.60. The molecule has 2 aromatic rings. The van der Waals surface area contributed by atoms with Crippen molar-refractivity contribution < 1.29 is 9.13 Å². The molecule has 0 aliphatic carbocycles. The van der Waals surface area contributed by atoms with Gasteiger partial charge >= 0.3 is 0 Å². The smallest absolute Gasteiger partial charge is 0.127 e. The van der Waals surface area contributed by atoms with Crippen molar-refractivity contribution in [3.63, 3.8) is 0 Å². The van der Waals surface area contributed by atoms with Crippen LogP contribution in [-0.4, -0.2) is 0 Å². The zero-order valence-corrected chi connectivity index (χ0v) is 9.46. The van der Waals surface area contributed by atoms with Crippen LogP contribution in [0.5, 0.6) is 11.5 Å². The maximum Gasteiger partial charge on any atom is 0.127 e. The van der Waals surface area contributed by atoms with Gasteiger partial charge in [0.05, 0.1) is 0 Å². The van der Waals surface area contributed by atoms with Crippen LogP contribution in [0.25, 0.3) is 0 Å². The Balaban J connectivity index is 2.20. The first kappa shape index (κ1) is 11.0. The molecule has 0 fully saturated rings. The van der Waals surface area contributed by atoms with E-state index >= 15 is 0 Å². The Bertz CT molecular complexity index is 494. The zero-order chi connectivity index (χ0) is 11.5. The molecule has 0 unspecified atom stereocenters. The van der Waals surface area contributed by atoms with E-state index in [1.54, 1.807) is 24.3 Å². The quantitative estimate of drug-likeness (QED) is 0.742. The molecule has 0 aliphatic heterocycles. The average Bonchev–Trinajstić information content (AvgIpc) is 2.27. The Hall–Kier alpha value is -1.54. The summed E-state index contributed by atoms with van der Waals surface area (Å²) in [6.45, 7) is 1.90. The largest absolute Gasteiger partial charge is 0.457 e. The highest BCUT2D eigenvalue weighted by Gasteiger charge is 2.00. The number of halogens is 2. The van der Waals surface area contributed by atoms with Crippen LogP contribution in [-0.2, 0) is 0 Å². The van der Waals surface area contributed by atoms with E-state index < -0.39 is 0 Å². The normalized spacial score (nSPS) is 10.2. The topological polar surface area (TPSA) is 9.23 Å². The predicted molar refractivity (Wildman–Crippen MR) is 62.7 cm³/mol. The van der Waals surface area contributed by atoms with Gasteiger partial charge in [0, 0.05) is 5.02 Å². The molecule has 0 atom stereocenters. The van der Waals surface area contributed by atoms with Crippen molar-refractivity contribution in [2.24, 2.45) is 0 Å². The maximum atomic E-state index is 12.7. The molecular weight excluding hydrogens is 227 g/mol. The second kappa shape index (κ2) is 4.54. The third kappa shape index (κ3) is 2.52. The lowest BCUT2D eigenvalue weighted by Gasteiger charge is -2.06. The Labute approximate surface area is 98.4 Å². The van der Waals surface area contributed by atoms with Crippen molar-refractivity contribution in [2.45, 2.75) is 6.92 Å². The Kier molecular flexibility index (Phi) is 3.11. The second-order valence-corrected chi connectivity index (χ2v) is 3.87. The lowest BCUT2D eigenvalue weighted by atomic mass is 10.2. The molecule has 0 saturated carbocycles. The molecule has 0 aromatic heterocycles. The monoisotopic (exact) mass is 236 g/mol. The first-order chi connectivity index (χ1) is 7.65. The number of benzene rings is 2. The van der Waals surface area contributed by atoms with Crippen LogP contribution in [0.3, 0.4) is 0 Å². The highest BCUT2D eigenvalue weighted by Crippen LogP contribution is 2.25.